The summed E-state index contributed by atoms with van der Waals surface area (Å²) >= 11 is 0. The summed E-state index contributed by atoms with van der Waals surface area (Å²) in [6.07, 6.45) is 1.82. The van der Waals surface area contributed by atoms with E-state index < -0.39 is 0 Å². The Labute approximate surface area is 137 Å². The minimum absolute atomic E-state index is 0.0955. The molecule has 0 radical (unpaired) electrons. The van der Waals surface area contributed by atoms with Crippen LogP contribution in [0.1, 0.15) is 43.9 Å². The Bertz CT molecular complexity index is 653. The van der Waals surface area contributed by atoms with Gasteiger partial charge in [-0.1, -0.05) is 50.2 Å². The molecule has 0 bridgehead atoms. The van der Waals surface area contributed by atoms with E-state index in [1.807, 2.05) is 30.3 Å². The van der Waals surface area contributed by atoms with Crippen LogP contribution in [0.2, 0.25) is 0 Å². The van der Waals surface area contributed by atoms with Crippen molar-refractivity contribution in [1.29, 1.82) is 0 Å². The zero-order chi connectivity index (χ0) is 16.8. The van der Waals surface area contributed by atoms with E-state index in [0.29, 0.717) is 17.2 Å². The molecule has 4 nitrogen and oxygen atoms in total. The highest BCUT2D eigenvalue weighted by molar-refractivity contribution is 5.48. The Balaban J connectivity index is 2.27. The maximum atomic E-state index is 11.1. The highest BCUT2D eigenvalue weighted by Crippen LogP contribution is 2.33. The van der Waals surface area contributed by atoms with Crippen molar-refractivity contribution in [2.45, 2.75) is 39.7 Å². The molecule has 0 aliphatic carbocycles. The lowest BCUT2D eigenvalue weighted by Gasteiger charge is -2.21. The third kappa shape index (κ3) is 4.55. The van der Waals surface area contributed by atoms with Gasteiger partial charge in [0.15, 0.2) is 0 Å². The molecule has 2 aromatic rings. The first kappa shape index (κ1) is 17.0. The van der Waals surface area contributed by atoms with Crippen LogP contribution in [0.15, 0.2) is 48.5 Å². The summed E-state index contributed by atoms with van der Waals surface area (Å²) in [4.78, 5) is 10.7. The van der Waals surface area contributed by atoms with Crippen LogP contribution >= 0.6 is 0 Å². The summed E-state index contributed by atoms with van der Waals surface area (Å²) in [5.74, 6) is 1.16. The SMILES string of the molecule is Cc1c(OC(CCC(C)C)c2ccccc2)cccc1[N+](=O)[O-]. The van der Waals surface area contributed by atoms with Crippen molar-refractivity contribution >= 4 is 5.69 Å². The molecule has 2 aromatic carbocycles. The molecule has 2 rings (SSSR count). The molecule has 1 atom stereocenters. The Hall–Kier alpha value is -2.36. The Morgan fingerprint density at radius 3 is 2.35 bits per heavy atom. The van der Waals surface area contributed by atoms with Crippen molar-refractivity contribution in [3.8, 4) is 5.75 Å². The van der Waals surface area contributed by atoms with E-state index in [9.17, 15) is 10.1 Å². The summed E-state index contributed by atoms with van der Waals surface area (Å²) < 4.78 is 6.17. The van der Waals surface area contributed by atoms with Gasteiger partial charge in [0, 0.05) is 6.07 Å². The van der Waals surface area contributed by atoms with Gasteiger partial charge in [-0.25, -0.2) is 0 Å². The van der Waals surface area contributed by atoms with Crippen molar-refractivity contribution in [3.63, 3.8) is 0 Å². The third-order valence-corrected chi connectivity index (χ3v) is 3.90. The van der Waals surface area contributed by atoms with Gasteiger partial charge in [0.25, 0.3) is 5.69 Å². The second kappa shape index (κ2) is 7.77. The van der Waals surface area contributed by atoms with Gasteiger partial charge in [-0.3, -0.25) is 10.1 Å². The van der Waals surface area contributed by atoms with Gasteiger partial charge in [0.2, 0.25) is 0 Å². The fraction of sp³-hybridized carbons (Fsp3) is 0.368. The molecule has 0 aromatic heterocycles. The third-order valence-electron chi connectivity index (χ3n) is 3.90. The van der Waals surface area contributed by atoms with Gasteiger partial charge >= 0.3 is 0 Å². The summed E-state index contributed by atoms with van der Waals surface area (Å²) in [7, 11) is 0. The van der Waals surface area contributed by atoms with E-state index in [-0.39, 0.29) is 16.7 Å². The van der Waals surface area contributed by atoms with Gasteiger partial charge in [0.05, 0.1) is 10.5 Å². The van der Waals surface area contributed by atoms with Crippen molar-refractivity contribution in [3.05, 3.63) is 69.8 Å². The highest BCUT2D eigenvalue weighted by Gasteiger charge is 2.19. The molecule has 0 N–H and O–H groups in total. The van der Waals surface area contributed by atoms with Crippen LogP contribution in [0.4, 0.5) is 5.69 Å². The van der Waals surface area contributed by atoms with E-state index in [0.717, 1.165) is 18.4 Å². The maximum Gasteiger partial charge on any atom is 0.276 e. The standard InChI is InChI=1S/C19H23NO3/c1-14(2)12-13-19(16-8-5-4-6-9-16)23-18-11-7-10-17(15(18)3)20(21)22/h4-11,14,19H,12-13H2,1-3H3. The highest BCUT2D eigenvalue weighted by atomic mass is 16.6. The minimum atomic E-state index is -0.367. The molecular weight excluding hydrogens is 290 g/mol. The number of ether oxygens (including phenoxy) is 1. The molecule has 4 heteroatoms. The molecule has 0 fully saturated rings. The zero-order valence-electron chi connectivity index (χ0n) is 13.9. The van der Waals surface area contributed by atoms with Crippen molar-refractivity contribution < 1.29 is 9.66 Å². The van der Waals surface area contributed by atoms with Crippen LogP contribution in [0.3, 0.4) is 0 Å². The van der Waals surface area contributed by atoms with E-state index in [4.69, 9.17) is 4.74 Å². The fourth-order valence-electron chi connectivity index (χ4n) is 2.53. The van der Waals surface area contributed by atoms with E-state index in [1.54, 1.807) is 19.1 Å². The summed E-state index contributed by atoms with van der Waals surface area (Å²) in [5, 5.41) is 11.1. The summed E-state index contributed by atoms with van der Waals surface area (Å²) in [5.41, 5.74) is 1.76. The summed E-state index contributed by atoms with van der Waals surface area (Å²) in [6, 6.07) is 15.0. The number of hydrogen-bond acceptors (Lipinski definition) is 3. The molecule has 1 unspecified atom stereocenters. The number of hydrogen-bond donors (Lipinski definition) is 0. The summed E-state index contributed by atoms with van der Waals surface area (Å²) in [6.45, 7) is 6.10. The van der Waals surface area contributed by atoms with Crippen LogP contribution in [0.25, 0.3) is 0 Å². The van der Waals surface area contributed by atoms with E-state index >= 15 is 0 Å². The number of rotatable bonds is 7. The van der Waals surface area contributed by atoms with Gasteiger partial charge < -0.3 is 4.74 Å². The first-order valence-corrected chi connectivity index (χ1v) is 7.94. The molecule has 23 heavy (non-hydrogen) atoms. The van der Waals surface area contributed by atoms with Gasteiger partial charge in [0.1, 0.15) is 11.9 Å². The Morgan fingerprint density at radius 2 is 1.74 bits per heavy atom. The van der Waals surface area contributed by atoms with Crippen molar-refractivity contribution in [1.82, 2.24) is 0 Å². The first-order chi connectivity index (χ1) is 11.0. The van der Waals surface area contributed by atoms with Gasteiger partial charge in [-0.2, -0.15) is 0 Å². The topological polar surface area (TPSA) is 52.4 Å². The lowest BCUT2D eigenvalue weighted by Crippen LogP contribution is -2.10. The molecule has 0 saturated carbocycles. The molecule has 0 amide bonds. The maximum absolute atomic E-state index is 11.1. The second-order valence-corrected chi connectivity index (χ2v) is 6.15. The molecule has 0 aliphatic rings. The van der Waals surface area contributed by atoms with Crippen molar-refractivity contribution in [2.24, 2.45) is 5.92 Å². The predicted octanol–water partition coefficient (Wildman–Crippen LogP) is 5.46. The minimum Gasteiger partial charge on any atom is -0.485 e. The first-order valence-electron chi connectivity index (χ1n) is 7.94. The monoisotopic (exact) mass is 313 g/mol. The molecule has 0 saturated heterocycles. The van der Waals surface area contributed by atoms with E-state index in [1.165, 1.54) is 6.07 Å². The molecular formula is C19H23NO3. The average molecular weight is 313 g/mol. The second-order valence-electron chi connectivity index (χ2n) is 6.15. The lowest BCUT2D eigenvalue weighted by molar-refractivity contribution is -0.385. The van der Waals surface area contributed by atoms with Crippen LogP contribution in [0, 0.1) is 23.0 Å². The van der Waals surface area contributed by atoms with Crippen LogP contribution < -0.4 is 4.74 Å². The molecule has 0 heterocycles. The average Bonchev–Trinajstić information content (AvgIpc) is 2.53. The van der Waals surface area contributed by atoms with Crippen LogP contribution in [-0.2, 0) is 0 Å². The number of nitrogens with zero attached hydrogens (tertiary/aromatic N) is 1. The zero-order valence-corrected chi connectivity index (χ0v) is 13.9. The van der Waals surface area contributed by atoms with Crippen molar-refractivity contribution in [2.75, 3.05) is 0 Å². The number of nitro groups is 1. The number of nitro benzene ring substituents is 1. The smallest absolute Gasteiger partial charge is 0.276 e. The normalized spacial score (nSPS) is 12.2. The van der Waals surface area contributed by atoms with Gasteiger partial charge in [-0.05, 0) is 37.3 Å². The lowest BCUT2D eigenvalue weighted by atomic mass is 9.99. The van der Waals surface area contributed by atoms with Crippen LogP contribution in [0.5, 0.6) is 5.75 Å². The predicted molar refractivity (Wildman–Crippen MR) is 91.7 cm³/mol. The quantitative estimate of drug-likeness (QED) is 0.504. The fourth-order valence-corrected chi connectivity index (χ4v) is 2.53. The largest absolute Gasteiger partial charge is 0.485 e. The van der Waals surface area contributed by atoms with E-state index in [2.05, 4.69) is 13.8 Å². The van der Waals surface area contributed by atoms with Gasteiger partial charge in [-0.15, -0.1) is 0 Å². The molecule has 122 valence electrons. The Morgan fingerprint density at radius 1 is 1.04 bits per heavy atom. The van der Waals surface area contributed by atoms with Crippen LogP contribution in [-0.4, -0.2) is 4.92 Å². The number of benzene rings is 2. The molecule has 0 spiro atoms. The molecule has 0 aliphatic heterocycles. The Kier molecular flexibility index (Phi) is 5.74.